The number of carboxylic acids is 1. The lowest BCUT2D eigenvalue weighted by Gasteiger charge is -2.21. The van der Waals surface area contributed by atoms with Gasteiger partial charge in [0, 0.05) is 6.54 Å². The van der Waals surface area contributed by atoms with Gasteiger partial charge in [-0.2, -0.15) is 0 Å². The van der Waals surface area contributed by atoms with Crippen LogP contribution in [0, 0.1) is 0 Å². The molecule has 1 fully saturated rings. The van der Waals surface area contributed by atoms with Gasteiger partial charge < -0.3 is 37.6 Å². The van der Waals surface area contributed by atoms with Gasteiger partial charge in [-0.25, -0.2) is 4.79 Å². The second-order valence-electron chi connectivity index (χ2n) is 5.74. The Morgan fingerprint density at radius 1 is 1.24 bits per heavy atom. The van der Waals surface area contributed by atoms with E-state index in [4.69, 9.17) is 11.5 Å². The highest BCUT2D eigenvalue weighted by molar-refractivity contribution is 5.92. The molecule has 3 atom stereocenters. The third kappa shape index (κ3) is 7.35. The molecule has 1 rings (SSSR count). The molecular formula is C14H26N6O5. The molecule has 0 spiro atoms. The van der Waals surface area contributed by atoms with Crippen molar-refractivity contribution in [2.24, 2.45) is 16.5 Å². The number of guanidine groups is 1. The van der Waals surface area contributed by atoms with Gasteiger partial charge in [-0.1, -0.05) is 0 Å². The number of carboxylic acid groups (broad SMARTS) is 1. The number of amides is 2. The number of aliphatic imine (C=N–C) groups is 1. The van der Waals surface area contributed by atoms with Gasteiger partial charge in [0.2, 0.25) is 11.8 Å². The van der Waals surface area contributed by atoms with E-state index in [1.807, 2.05) is 0 Å². The van der Waals surface area contributed by atoms with Gasteiger partial charge in [0.1, 0.15) is 12.1 Å². The van der Waals surface area contributed by atoms with Crippen LogP contribution in [0.25, 0.3) is 0 Å². The van der Waals surface area contributed by atoms with E-state index in [-0.39, 0.29) is 18.9 Å². The molecule has 2 amide bonds. The number of carbonyl (C=O) groups is 3. The maximum Gasteiger partial charge on any atom is 0.326 e. The number of nitrogens with two attached hydrogens (primary N) is 2. The van der Waals surface area contributed by atoms with Gasteiger partial charge in [-0.3, -0.25) is 14.6 Å². The summed E-state index contributed by atoms with van der Waals surface area (Å²) in [6.45, 7) is 0.311. The molecule has 0 aromatic heterocycles. The second kappa shape index (κ2) is 10.5. The normalized spacial score (nSPS) is 18.8. The molecule has 11 heteroatoms. The number of hydrogen-bond acceptors (Lipinski definition) is 6. The van der Waals surface area contributed by atoms with Crippen LogP contribution in [-0.2, 0) is 14.4 Å². The smallest absolute Gasteiger partial charge is 0.326 e. The molecule has 0 bridgehead atoms. The first kappa shape index (κ1) is 20.6. The number of hydrogen-bond donors (Lipinski definition) is 7. The Kier molecular flexibility index (Phi) is 8.64. The van der Waals surface area contributed by atoms with E-state index in [1.54, 1.807) is 0 Å². The Labute approximate surface area is 145 Å². The van der Waals surface area contributed by atoms with Crippen molar-refractivity contribution >= 4 is 23.7 Å². The number of carbonyl (C=O) groups excluding carboxylic acids is 2. The lowest BCUT2D eigenvalue weighted by atomic mass is 10.1. The zero-order valence-corrected chi connectivity index (χ0v) is 13.9. The average molecular weight is 358 g/mol. The SMILES string of the molecule is NC(N)=NCCCC(NC(=O)C(CO)NC(=O)C1CCCN1)C(=O)O. The van der Waals surface area contributed by atoms with Crippen molar-refractivity contribution in [2.75, 3.05) is 19.7 Å². The fraction of sp³-hybridized carbons (Fsp3) is 0.714. The lowest BCUT2D eigenvalue weighted by molar-refractivity contribution is -0.142. The van der Waals surface area contributed by atoms with Crippen LogP contribution in [0.3, 0.4) is 0 Å². The van der Waals surface area contributed by atoms with Gasteiger partial charge in [0.25, 0.3) is 0 Å². The van der Waals surface area contributed by atoms with Gasteiger partial charge >= 0.3 is 5.97 Å². The summed E-state index contributed by atoms with van der Waals surface area (Å²) in [6.07, 6.45) is 1.95. The van der Waals surface area contributed by atoms with E-state index in [1.165, 1.54) is 0 Å². The molecule has 1 aliphatic rings. The summed E-state index contributed by atoms with van der Waals surface area (Å²) in [5.74, 6) is -2.48. The lowest BCUT2D eigenvalue weighted by Crippen LogP contribution is -2.55. The molecule has 0 aromatic rings. The van der Waals surface area contributed by atoms with Crippen molar-refractivity contribution in [3.8, 4) is 0 Å². The molecule has 1 aliphatic heterocycles. The van der Waals surface area contributed by atoms with E-state index < -0.39 is 42.5 Å². The third-order valence-corrected chi connectivity index (χ3v) is 3.75. The zero-order chi connectivity index (χ0) is 18.8. The number of aliphatic hydroxyl groups excluding tert-OH is 1. The molecule has 9 N–H and O–H groups in total. The standard InChI is InChI=1S/C14H26N6O5/c15-14(16)18-6-2-4-9(13(24)25)19-12(23)10(7-21)20-11(22)8-3-1-5-17-8/h8-10,17,21H,1-7H2,(H,19,23)(H,20,22)(H,24,25)(H4,15,16,18). The molecule has 0 saturated carbocycles. The summed E-state index contributed by atoms with van der Waals surface area (Å²) in [6, 6.07) is -2.79. The molecule has 11 nitrogen and oxygen atoms in total. The zero-order valence-electron chi connectivity index (χ0n) is 13.9. The van der Waals surface area contributed by atoms with Crippen molar-refractivity contribution in [3.05, 3.63) is 0 Å². The topological polar surface area (TPSA) is 192 Å². The summed E-state index contributed by atoms with van der Waals surface area (Å²) >= 11 is 0. The maximum atomic E-state index is 12.1. The van der Waals surface area contributed by atoms with Crippen molar-refractivity contribution in [1.82, 2.24) is 16.0 Å². The van der Waals surface area contributed by atoms with Crippen LogP contribution in [0.1, 0.15) is 25.7 Å². The highest BCUT2D eigenvalue weighted by Crippen LogP contribution is 2.05. The van der Waals surface area contributed by atoms with E-state index in [0.29, 0.717) is 19.4 Å². The van der Waals surface area contributed by atoms with E-state index in [2.05, 4.69) is 20.9 Å². The Morgan fingerprint density at radius 3 is 2.48 bits per heavy atom. The first-order valence-corrected chi connectivity index (χ1v) is 8.08. The van der Waals surface area contributed by atoms with Crippen LogP contribution in [0.2, 0.25) is 0 Å². The molecule has 0 radical (unpaired) electrons. The third-order valence-electron chi connectivity index (χ3n) is 3.75. The highest BCUT2D eigenvalue weighted by Gasteiger charge is 2.29. The molecule has 0 aromatic carbocycles. The Morgan fingerprint density at radius 2 is 1.96 bits per heavy atom. The number of nitrogens with one attached hydrogen (secondary N) is 3. The van der Waals surface area contributed by atoms with Crippen LogP contribution >= 0.6 is 0 Å². The maximum absolute atomic E-state index is 12.1. The fourth-order valence-corrected chi connectivity index (χ4v) is 2.41. The quantitative estimate of drug-likeness (QED) is 0.121. The minimum absolute atomic E-state index is 0.0977. The Bertz CT molecular complexity index is 502. The molecule has 1 saturated heterocycles. The monoisotopic (exact) mass is 358 g/mol. The summed E-state index contributed by atoms with van der Waals surface area (Å²) in [5, 5.41) is 26.2. The Balaban J connectivity index is 2.52. The first-order valence-electron chi connectivity index (χ1n) is 8.08. The molecular weight excluding hydrogens is 332 g/mol. The largest absolute Gasteiger partial charge is 0.480 e. The van der Waals surface area contributed by atoms with Gasteiger partial charge in [0.05, 0.1) is 12.6 Å². The minimum atomic E-state index is -1.22. The van der Waals surface area contributed by atoms with Gasteiger partial charge in [0.15, 0.2) is 5.96 Å². The second-order valence-corrected chi connectivity index (χ2v) is 5.74. The first-order chi connectivity index (χ1) is 11.8. The van der Waals surface area contributed by atoms with Gasteiger partial charge in [-0.05, 0) is 32.2 Å². The van der Waals surface area contributed by atoms with E-state index in [0.717, 1.165) is 6.42 Å². The van der Waals surface area contributed by atoms with Crippen LogP contribution < -0.4 is 27.4 Å². The average Bonchev–Trinajstić information content (AvgIpc) is 3.09. The van der Waals surface area contributed by atoms with Crippen LogP contribution in [0.15, 0.2) is 4.99 Å². The minimum Gasteiger partial charge on any atom is -0.480 e. The summed E-state index contributed by atoms with van der Waals surface area (Å²) < 4.78 is 0. The summed E-state index contributed by atoms with van der Waals surface area (Å²) in [4.78, 5) is 39.1. The van der Waals surface area contributed by atoms with E-state index in [9.17, 15) is 24.6 Å². The molecule has 0 aliphatic carbocycles. The van der Waals surface area contributed by atoms with E-state index >= 15 is 0 Å². The molecule has 142 valence electrons. The molecule has 25 heavy (non-hydrogen) atoms. The number of aliphatic carboxylic acids is 1. The summed E-state index contributed by atoms with van der Waals surface area (Å²) in [7, 11) is 0. The van der Waals surface area contributed by atoms with Crippen LogP contribution in [-0.4, -0.2) is 71.8 Å². The Hall–Kier alpha value is -2.40. The van der Waals surface area contributed by atoms with Crippen molar-refractivity contribution in [1.29, 1.82) is 0 Å². The molecule has 1 heterocycles. The summed E-state index contributed by atoms with van der Waals surface area (Å²) in [5.41, 5.74) is 10.3. The predicted octanol–water partition coefficient (Wildman–Crippen LogP) is -3.16. The number of rotatable bonds is 10. The highest BCUT2D eigenvalue weighted by atomic mass is 16.4. The van der Waals surface area contributed by atoms with Crippen LogP contribution in [0.5, 0.6) is 0 Å². The number of nitrogens with zero attached hydrogens (tertiary/aromatic N) is 1. The van der Waals surface area contributed by atoms with Gasteiger partial charge in [-0.15, -0.1) is 0 Å². The fourth-order valence-electron chi connectivity index (χ4n) is 2.41. The van der Waals surface area contributed by atoms with Crippen molar-refractivity contribution < 1.29 is 24.6 Å². The van der Waals surface area contributed by atoms with Crippen molar-refractivity contribution in [2.45, 2.75) is 43.8 Å². The predicted molar refractivity (Wildman–Crippen MR) is 89.5 cm³/mol. The molecule has 3 unspecified atom stereocenters. The number of aliphatic hydroxyl groups is 1. The van der Waals surface area contributed by atoms with Crippen LogP contribution in [0.4, 0.5) is 0 Å². The van der Waals surface area contributed by atoms with Crippen molar-refractivity contribution in [3.63, 3.8) is 0 Å².